The minimum atomic E-state index is -0.175. The molecule has 19 heavy (non-hydrogen) atoms. The van der Waals surface area contributed by atoms with Crippen molar-refractivity contribution < 1.29 is 0 Å². The molecular formula is C15H12Cl2N2. The third-order valence-corrected chi connectivity index (χ3v) is 3.44. The highest BCUT2D eigenvalue weighted by Crippen LogP contribution is 2.28. The van der Waals surface area contributed by atoms with E-state index in [9.17, 15) is 0 Å². The van der Waals surface area contributed by atoms with Crippen LogP contribution in [0.1, 0.15) is 18.1 Å². The van der Waals surface area contributed by atoms with E-state index >= 15 is 0 Å². The number of hydrogen-bond acceptors (Lipinski definition) is 1. The first-order chi connectivity index (χ1) is 9.16. The molecule has 0 bridgehead atoms. The van der Waals surface area contributed by atoms with E-state index in [1.165, 1.54) is 0 Å². The van der Waals surface area contributed by atoms with Crippen molar-refractivity contribution in [3.8, 4) is 5.69 Å². The molecule has 0 radical (unpaired) electrons. The van der Waals surface area contributed by atoms with Crippen LogP contribution in [0.4, 0.5) is 0 Å². The number of para-hydroxylation sites is 2. The molecule has 1 atom stereocenters. The number of rotatable bonds is 2. The van der Waals surface area contributed by atoms with Gasteiger partial charge >= 0.3 is 0 Å². The van der Waals surface area contributed by atoms with Gasteiger partial charge in [0.05, 0.1) is 16.4 Å². The van der Waals surface area contributed by atoms with Crippen molar-refractivity contribution in [2.75, 3.05) is 0 Å². The number of alkyl halides is 1. The Labute approximate surface area is 121 Å². The summed E-state index contributed by atoms with van der Waals surface area (Å²) in [7, 11) is 0. The van der Waals surface area contributed by atoms with Crippen LogP contribution < -0.4 is 0 Å². The maximum atomic E-state index is 6.25. The number of halogens is 2. The van der Waals surface area contributed by atoms with Gasteiger partial charge in [0.25, 0.3) is 0 Å². The lowest BCUT2D eigenvalue weighted by atomic mass is 10.2. The summed E-state index contributed by atoms with van der Waals surface area (Å²) in [6.07, 6.45) is 0. The molecule has 3 rings (SSSR count). The molecule has 0 N–H and O–H groups in total. The number of aromatic nitrogens is 2. The summed E-state index contributed by atoms with van der Waals surface area (Å²) in [5.41, 5.74) is 2.95. The van der Waals surface area contributed by atoms with Gasteiger partial charge in [0.1, 0.15) is 5.82 Å². The highest BCUT2D eigenvalue weighted by molar-refractivity contribution is 6.30. The lowest BCUT2D eigenvalue weighted by Gasteiger charge is -2.10. The van der Waals surface area contributed by atoms with E-state index in [1.807, 2.05) is 55.5 Å². The Morgan fingerprint density at radius 3 is 2.63 bits per heavy atom. The standard InChI is InChI=1S/C15H12Cl2N2/c1-10(16)15-18-13-7-2-3-8-14(13)19(15)12-6-4-5-11(17)9-12/h2-10H,1H3. The van der Waals surface area contributed by atoms with Crippen LogP contribution in [0.3, 0.4) is 0 Å². The topological polar surface area (TPSA) is 17.8 Å². The monoisotopic (exact) mass is 290 g/mol. The number of hydrogen-bond donors (Lipinski definition) is 0. The smallest absolute Gasteiger partial charge is 0.132 e. The minimum Gasteiger partial charge on any atom is -0.295 e. The lowest BCUT2D eigenvalue weighted by Crippen LogP contribution is -2.01. The van der Waals surface area contributed by atoms with Crippen molar-refractivity contribution in [1.29, 1.82) is 0 Å². The fraction of sp³-hybridized carbons (Fsp3) is 0.133. The quantitative estimate of drug-likeness (QED) is 0.609. The Hall–Kier alpha value is -1.51. The number of benzene rings is 2. The zero-order valence-electron chi connectivity index (χ0n) is 10.3. The minimum absolute atomic E-state index is 0.175. The first kappa shape index (κ1) is 12.5. The summed E-state index contributed by atoms with van der Waals surface area (Å²) in [6.45, 7) is 1.92. The maximum Gasteiger partial charge on any atom is 0.132 e. The zero-order chi connectivity index (χ0) is 13.4. The van der Waals surface area contributed by atoms with Crippen LogP contribution in [-0.4, -0.2) is 9.55 Å². The van der Waals surface area contributed by atoms with Gasteiger partial charge < -0.3 is 0 Å². The van der Waals surface area contributed by atoms with E-state index < -0.39 is 0 Å². The highest BCUT2D eigenvalue weighted by atomic mass is 35.5. The van der Waals surface area contributed by atoms with Gasteiger partial charge in [0, 0.05) is 10.7 Å². The molecule has 0 aliphatic rings. The van der Waals surface area contributed by atoms with Crippen LogP contribution in [0.2, 0.25) is 5.02 Å². The Bertz CT molecular complexity index is 732. The summed E-state index contributed by atoms with van der Waals surface area (Å²) >= 11 is 12.3. The molecule has 3 aromatic rings. The molecule has 1 aromatic heterocycles. The Balaban J connectivity index is 2.34. The van der Waals surface area contributed by atoms with E-state index in [2.05, 4.69) is 9.55 Å². The Morgan fingerprint density at radius 2 is 1.89 bits per heavy atom. The van der Waals surface area contributed by atoms with Crippen LogP contribution >= 0.6 is 23.2 Å². The van der Waals surface area contributed by atoms with Crippen molar-refractivity contribution in [2.24, 2.45) is 0 Å². The van der Waals surface area contributed by atoms with Gasteiger partial charge in [-0.2, -0.15) is 0 Å². The molecule has 4 heteroatoms. The average molecular weight is 291 g/mol. The molecule has 0 aliphatic carbocycles. The summed E-state index contributed by atoms with van der Waals surface area (Å²) in [4.78, 5) is 4.61. The molecule has 0 saturated carbocycles. The first-order valence-electron chi connectivity index (χ1n) is 6.04. The lowest BCUT2D eigenvalue weighted by molar-refractivity contribution is 0.882. The summed E-state index contributed by atoms with van der Waals surface area (Å²) in [6, 6.07) is 15.7. The van der Waals surface area contributed by atoms with Crippen LogP contribution in [0, 0.1) is 0 Å². The molecule has 0 amide bonds. The van der Waals surface area contributed by atoms with Gasteiger partial charge in [-0.15, -0.1) is 11.6 Å². The molecule has 0 saturated heterocycles. The molecule has 2 aromatic carbocycles. The van der Waals surface area contributed by atoms with E-state index in [0.717, 1.165) is 22.5 Å². The SMILES string of the molecule is CC(Cl)c1nc2ccccc2n1-c1cccc(Cl)c1. The van der Waals surface area contributed by atoms with Gasteiger partial charge in [-0.3, -0.25) is 4.57 Å². The fourth-order valence-corrected chi connectivity index (χ4v) is 2.53. The van der Waals surface area contributed by atoms with Gasteiger partial charge in [-0.05, 0) is 37.3 Å². The maximum absolute atomic E-state index is 6.25. The van der Waals surface area contributed by atoms with E-state index in [0.29, 0.717) is 5.02 Å². The largest absolute Gasteiger partial charge is 0.295 e. The van der Waals surface area contributed by atoms with Crippen molar-refractivity contribution in [1.82, 2.24) is 9.55 Å². The fourth-order valence-electron chi connectivity index (χ4n) is 2.20. The van der Waals surface area contributed by atoms with Gasteiger partial charge in [0.2, 0.25) is 0 Å². The van der Waals surface area contributed by atoms with E-state index in [1.54, 1.807) is 0 Å². The van der Waals surface area contributed by atoms with Crippen molar-refractivity contribution in [2.45, 2.75) is 12.3 Å². The third-order valence-electron chi connectivity index (χ3n) is 3.01. The van der Waals surface area contributed by atoms with Crippen molar-refractivity contribution in [3.63, 3.8) is 0 Å². The molecule has 0 spiro atoms. The van der Waals surface area contributed by atoms with Gasteiger partial charge in [-0.1, -0.05) is 29.8 Å². The van der Waals surface area contributed by atoms with Crippen molar-refractivity contribution >= 4 is 34.2 Å². The second kappa shape index (κ2) is 4.87. The Kier molecular flexibility index (Phi) is 3.21. The highest BCUT2D eigenvalue weighted by Gasteiger charge is 2.15. The van der Waals surface area contributed by atoms with E-state index in [4.69, 9.17) is 23.2 Å². The summed E-state index contributed by atoms with van der Waals surface area (Å²) in [5.74, 6) is 0.824. The number of nitrogens with zero attached hydrogens (tertiary/aromatic N) is 2. The molecule has 1 heterocycles. The summed E-state index contributed by atoms with van der Waals surface area (Å²) < 4.78 is 2.05. The summed E-state index contributed by atoms with van der Waals surface area (Å²) in [5, 5.41) is 0.523. The molecule has 1 unspecified atom stereocenters. The molecule has 96 valence electrons. The second-order valence-corrected chi connectivity index (χ2v) is 5.48. The Morgan fingerprint density at radius 1 is 1.11 bits per heavy atom. The van der Waals surface area contributed by atoms with E-state index in [-0.39, 0.29) is 5.38 Å². The molecular weight excluding hydrogens is 279 g/mol. The molecule has 2 nitrogen and oxygen atoms in total. The zero-order valence-corrected chi connectivity index (χ0v) is 11.9. The number of imidazole rings is 1. The van der Waals surface area contributed by atoms with Gasteiger partial charge in [0.15, 0.2) is 0 Å². The predicted molar refractivity (Wildman–Crippen MR) is 80.3 cm³/mol. The first-order valence-corrected chi connectivity index (χ1v) is 6.85. The normalized spacial score (nSPS) is 12.8. The van der Waals surface area contributed by atoms with Crippen molar-refractivity contribution in [3.05, 3.63) is 59.4 Å². The van der Waals surface area contributed by atoms with Crippen LogP contribution in [0.25, 0.3) is 16.7 Å². The predicted octanol–water partition coefficient (Wildman–Crippen LogP) is 4.98. The van der Waals surface area contributed by atoms with Gasteiger partial charge in [-0.25, -0.2) is 4.98 Å². The average Bonchev–Trinajstić information content (AvgIpc) is 2.78. The second-order valence-electron chi connectivity index (χ2n) is 4.39. The number of fused-ring (bicyclic) bond motifs is 1. The molecule has 0 fully saturated rings. The van der Waals surface area contributed by atoms with Crippen LogP contribution in [-0.2, 0) is 0 Å². The third kappa shape index (κ3) is 2.22. The molecule has 0 aliphatic heterocycles. The van der Waals surface area contributed by atoms with Crippen LogP contribution in [0.15, 0.2) is 48.5 Å². The van der Waals surface area contributed by atoms with Crippen LogP contribution in [0.5, 0.6) is 0 Å².